The lowest BCUT2D eigenvalue weighted by Crippen LogP contribution is -2.35. The summed E-state index contributed by atoms with van der Waals surface area (Å²) in [6.45, 7) is 10.5. The molecule has 1 nitrogen and oxygen atoms in total. The summed E-state index contributed by atoms with van der Waals surface area (Å²) in [5, 5.41) is 3.72. The van der Waals surface area contributed by atoms with E-state index in [9.17, 15) is 0 Å². The van der Waals surface area contributed by atoms with E-state index in [1.165, 1.54) is 38.5 Å². The Morgan fingerprint density at radius 3 is 2.44 bits per heavy atom. The van der Waals surface area contributed by atoms with Crippen LogP contribution in [0, 0.1) is 17.8 Å². The Hall–Kier alpha value is -0.0400. The van der Waals surface area contributed by atoms with E-state index in [1.54, 1.807) is 0 Å². The van der Waals surface area contributed by atoms with Crippen molar-refractivity contribution in [1.29, 1.82) is 0 Å². The number of hydrogen-bond donors (Lipinski definition) is 1. The van der Waals surface area contributed by atoms with Gasteiger partial charge in [0, 0.05) is 6.04 Å². The van der Waals surface area contributed by atoms with Gasteiger partial charge in [0.1, 0.15) is 0 Å². The highest BCUT2D eigenvalue weighted by atomic mass is 14.9. The third-order valence-electron chi connectivity index (χ3n) is 4.07. The van der Waals surface area contributed by atoms with Crippen molar-refractivity contribution in [3.8, 4) is 0 Å². The fourth-order valence-corrected chi connectivity index (χ4v) is 3.13. The lowest BCUT2D eigenvalue weighted by molar-refractivity contribution is 0.324. The molecule has 0 aromatic heterocycles. The van der Waals surface area contributed by atoms with Gasteiger partial charge in [0.2, 0.25) is 0 Å². The average molecular weight is 225 g/mol. The van der Waals surface area contributed by atoms with Gasteiger partial charge in [0.15, 0.2) is 0 Å². The van der Waals surface area contributed by atoms with Crippen LogP contribution in [0.4, 0.5) is 0 Å². The molecular formula is C15H31N. The quantitative estimate of drug-likeness (QED) is 0.684. The smallest absolute Gasteiger partial charge is 0.00953 e. The molecule has 16 heavy (non-hydrogen) atoms. The molecule has 0 aliphatic heterocycles. The predicted octanol–water partition coefficient (Wildman–Crippen LogP) is 4.23. The van der Waals surface area contributed by atoms with Crippen LogP contribution in [0.25, 0.3) is 0 Å². The highest BCUT2D eigenvalue weighted by Crippen LogP contribution is 2.34. The Labute approximate surface area is 102 Å². The standard InChI is InChI=1S/C15H31N/c1-5-16-15(8-6-7-12(2)3)14-10-9-13(4)11-14/h12-16H,5-11H2,1-4H3. The largest absolute Gasteiger partial charge is 0.314 e. The molecule has 3 unspecified atom stereocenters. The molecular weight excluding hydrogens is 194 g/mol. The van der Waals surface area contributed by atoms with Crippen LogP contribution in [0.3, 0.4) is 0 Å². The minimum Gasteiger partial charge on any atom is -0.314 e. The first-order valence-electron chi connectivity index (χ1n) is 7.36. The van der Waals surface area contributed by atoms with Crippen LogP contribution < -0.4 is 5.32 Å². The Balaban J connectivity index is 2.29. The van der Waals surface area contributed by atoms with Crippen molar-refractivity contribution in [3.05, 3.63) is 0 Å². The molecule has 0 saturated heterocycles. The first-order valence-corrected chi connectivity index (χ1v) is 7.36. The van der Waals surface area contributed by atoms with Crippen molar-refractivity contribution in [3.63, 3.8) is 0 Å². The van der Waals surface area contributed by atoms with Gasteiger partial charge >= 0.3 is 0 Å². The predicted molar refractivity (Wildman–Crippen MR) is 72.7 cm³/mol. The molecule has 1 aliphatic rings. The molecule has 0 radical (unpaired) electrons. The minimum absolute atomic E-state index is 0.800. The highest BCUT2D eigenvalue weighted by molar-refractivity contribution is 4.83. The molecule has 0 aromatic carbocycles. The number of rotatable bonds is 7. The monoisotopic (exact) mass is 225 g/mol. The Kier molecular flexibility index (Phi) is 6.41. The van der Waals surface area contributed by atoms with Gasteiger partial charge in [0.05, 0.1) is 0 Å². The Bertz CT molecular complexity index is 176. The SMILES string of the molecule is CCNC(CCCC(C)C)C1CCC(C)C1. The van der Waals surface area contributed by atoms with Gasteiger partial charge < -0.3 is 5.32 Å². The van der Waals surface area contributed by atoms with Gasteiger partial charge in [-0.15, -0.1) is 0 Å². The van der Waals surface area contributed by atoms with Crippen molar-refractivity contribution in [2.24, 2.45) is 17.8 Å². The van der Waals surface area contributed by atoms with E-state index in [0.29, 0.717) is 0 Å². The summed E-state index contributed by atoms with van der Waals surface area (Å²) >= 11 is 0. The molecule has 0 heterocycles. The van der Waals surface area contributed by atoms with Crippen molar-refractivity contribution in [2.75, 3.05) is 6.54 Å². The van der Waals surface area contributed by atoms with Gasteiger partial charge in [-0.1, -0.05) is 47.0 Å². The van der Waals surface area contributed by atoms with Gasteiger partial charge in [-0.05, 0) is 43.6 Å². The average Bonchev–Trinajstić information content (AvgIpc) is 2.63. The molecule has 1 rings (SSSR count). The second-order valence-corrected chi connectivity index (χ2v) is 6.17. The van der Waals surface area contributed by atoms with E-state index in [1.807, 2.05) is 0 Å². The molecule has 0 spiro atoms. The Morgan fingerprint density at radius 1 is 1.19 bits per heavy atom. The summed E-state index contributed by atoms with van der Waals surface area (Å²) in [4.78, 5) is 0. The third-order valence-corrected chi connectivity index (χ3v) is 4.07. The highest BCUT2D eigenvalue weighted by Gasteiger charge is 2.27. The van der Waals surface area contributed by atoms with E-state index < -0.39 is 0 Å². The third kappa shape index (κ3) is 4.86. The summed E-state index contributed by atoms with van der Waals surface area (Å²) < 4.78 is 0. The molecule has 0 bridgehead atoms. The van der Waals surface area contributed by atoms with Crippen LogP contribution in [-0.4, -0.2) is 12.6 Å². The zero-order chi connectivity index (χ0) is 12.0. The summed E-state index contributed by atoms with van der Waals surface area (Å²) in [6.07, 6.45) is 8.56. The van der Waals surface area contributed by atoms with Crippen molar-refractivity contribution in [1.82, 2.24) is 5.32 Å². The Morgan fingerprint density at radius 2 is 1.94 bits per heavy atom. The van der Waals surface area contributed by atoms with Crippen molar-refractivity contribution >= 4 is 0 Å². The molecule has 1 N–H and O–H groups in total. The topological polar surface area (TPSA) is 12.0 Å². The summed E-state index contributed by atoms with van der Waals surface area (Å²) in [5.74, 6) is 2.79. The van der Waals surface area contributed by atoms with E-state index in [0.717, 1.165) is 30.3 Å². The fourth-order valence-electron chi connectivity index (χ4n) is 3.13. The minimum atomic E-state index is 0.800. The van der Waals surface area contributed by atoms with Crippen molar-refractivity contribution in [2.45, 2.75) is 72.3 Å². The van der Waals surface area contributed by atoms with Gasteiger partial charge in [0.25, 0.3) is 0 Å². The van der Waals surface area contributed by atoms with E-state index >= 15 is 0 Å². The molecule has 0 aromatic rings. The van der Waals surface area contributed by atoms with Gasteiger partial charge in [-0.25, -0.2) is 0 Å². The first-order chi connectivity index (χ1) is 7.63. The van der Waals surface area contributed by atoms with E-state index in [2.05, 4.69) is 33.0 Å². The second-order valence-electron chi connectivity index (χ2n) is 6.17. The lowest BCUT2D eigenvalue weighted by atomic mass is 9.91. The van der Waals surface area contributed by atoms with Crippen LogP contribution in [0.2, 0.25) is 0 Å². The molecule has 1 saturated carbocycles. The molecule has 96 valence electrons. The van der Waals surface area contributed by atoms with Crippen molar-refractivity contribution < 1.29 is 0 Å². The lowest BCUT2D eigenvalue weighted by Gasteiger charge is -2.25. The maximum absolute atomic E-state index is 3.72. The van der Waals surface area contributed by atoms with Gasteiger partial charge in [-0.2, -0.15) is 0 Å². The number of hydrogen-bond acceptors (Lipinski definition) is 1. The zero-order valence-corrected chi connectivity index (χ0v) is 11.8. The van der Waals surface area contributed by atoms with Crippen LogP contribution >= 0.6 is 0 Å². The molecule has 1 heteroatoms. The molecule has 0 amide bonds. The molecule has 1 aliphatic carbocycles. The summed E-state index contributed by atoms with van der Waals surface area (Å²) in [6, 6.07) is 0.800. The molecule has 1 fully saturated rings. The number of nitrogens with one attached hydrogen (secondary N) is 1. The van der Waals surface area contributed by atoms with Crippen LogP contribution in [-0.2, 0) is 0 Å². The first kappa shape index (κ1) is 14.0. The summed E-state index contributed by atoms with van der Waals surface area (Å²) in [5.41, 5.74) is 0. The van der Waals surface area contributed by atoms with E-state index in [4.69, 9.17) is 0 Å². The second kappa shape index (κ2) is 7.32. The maximum Gasteiger partial charge on any atom is 0.00953 e. The normalized spacial score (nSPS) is 27.6. The molecule has 3 atom stereocenters. The van der Waals surface area contributed by atoms with Crippen LogP contribution in [0.15, 0.2) is 0 Å². The zero-order valence-electron chi connectivity index (χ0n) is 11.8. The van der Waals surface area contributed by atoms with E-state index in [-0.39, 0.29) is 0 Å². The van der Waals surface area contributed by atoms with Crippen LogP contribution in [0.1, 0.15) is 66.2 Å². The fraction of sp³-hybridized carbons (Fsp3) is 1.00. The summed E-state index contributed by atoms with van der Waals surface area (Å²) in [7, 11) is 0. The van der Waals surface area contributed by atoms with Gasteiger partial charge in [-0.3, -0.25) is 0 Å². The van der Waals surface area contributed by atoms with Crippen LogP contribution in [0.5, 0.6) is 0 Å². The maximum atomic E-state index is 3.72.